The number of nitrogens with zero attached hydrogens (tertiary/aromatic N) is 1. The number of aryl methyl sites for hydroxylation is 1. The van der Waals surface area contributed by atoms with Crippen LogP contribution in [0, 0.1) is 5.82 Å². The molecule has 33 heavy (non-hydrogen) atoms. The van der Waals surface area contributed by atoms with Crippen molar-refractivity contribution in [2.24, 2.45) is 0 Å². The summed E-state index contributed by atoms with van der Waals surface area (Å²) in [5, 5.41) is 0. The normalized spacial score (nSPS) is 10.5. The maximum Gasteiger partial charge on any atom is 0.358 e. The van der Waals surface area contributed by atoms with Gasteiger partial charge in [-0.05, 0) is 29.7 Å². The van der Waals surface area contributed by atoms with Gasteiger partial charge in [-0.25, -0.2) is 9.18 Å². The number of aromatic nitrogens is 1. The molecule has 0 aliphatic heterocycles. The van der Waals surface area contributed by atoms with Gasteiger partial charge in [0.2, 0.25) is 5.43 Å². The van der Waals surface area contributed by atoms with Crippen LogP contribution in [-0.2, 0) is 29.1 Å². The van der Waals surface area contributed by atoms with Crippen molar-refractivity contribution in [1.82, 2.24) is 4.57 Å². The molecule has 1 aromatic heterocycles. The van der Waals surface area contributed by atoms with Crippen molar-refractivity contribution in [3.8, 4) is 5.75 Å². The first-order valence-electron chi connectivity index (χ1n) is 10.2. The van der Waals surface area contributed by atoms with Crippen LogP contribution in [0.15, 0.2) is 65.6 Å². The number of ketones is 1. The summed E-state index contributed by atoms with van der Waals surface area (Å²) in [6.07, 6.45) is 1.96. The molecule has 1 heterocycles. The second-order valence-electron chi connectivity index (χ2n) is 7.18. The minimum Gasteiger partial charge on any atom is -0.482 e. The number of aldehydes is 1. The number of rotatable bonds is 10. The Morgan fingerprint density at radius 2 is 1.73 bits per heavy atom. The van der Waals surface area contributed by atoms with Gasteiger partial charge in [0.15, 0.2) is 17.2 Å². The Morgan fingerprint density at radius 1 is 1.03 bits per heavy atom. The average molecular weight is 451 g/mol. The summed E-state index contributed by atoms with van der Waals surface area (Å²) in [5.41, 5.74) is 0.236. The number of ether oxygens (including phenoxy) is 2. The van der Waals surface area contributed by atoms with Crippen LogP contribution in [0.1, 0.15) is 38.4 Å². The summed E-state index contributed by atoms with van der Waals surface area (Å²) in [6.45, 7) is -0.320. The number of hydrogen-bond donors (Lipinski definition) is 0. The summed E-state index contributed by atoms with van der Waals surface area (Å²) < 4.78 is 24.7. The smallest absolute Gasteiger partial charge is 0.358 e. The molecule has 0 saturated heterocycles. The predicted octanol–water partition coefficient (Wildman–Crippen LogP) is 3.37. The lowest BCUT2D eigenvalue weighted by atomic mass is 10.0. The Labute approximate surface area is 189 Å². The second kappa shape index (κ2) is 11.0. The van der Waals surface area contributed by atoms with Crippen LogP contribution in [0.5, 0.6) is 5.75 Å². The van der Waals surface area contributed by atoms with Crippen molar-refractivity contribution in [2.45, 2.75) is 26.0 Å². The molecule has 0 saturated carbocycles. The van der Waals surface area contributed by atoms with Gasteiger partial charge in [-0.3, -0.25) is 9.59 Å². The van der Waals surface area contributed by atoms with E-state index in [1.165, 1.54) is 22.9 Å². The number of hydrogen-bond acceptors (Lipinski definition) is 6. The molecule has 3 rings (SSSR count). The highest BCUT2D eigenvalue weighted by atomic mass is 19.1. The van der Waals surface area contributed by atoms with E-state index in [1.54, 1.807) is 36.4 Å². The van der Waals surface area contributed by atoms with E-state index in [0.717, 1.165) is 18.2 Å². The number of carbonyl (C=O) groups is 3. The quantitative estimate of drug-likeness (QED) is 0.267. The zero-order chi connectivity index (χ0) is 23.8. The Kier molecular flexibility index (Phi) is 7.86. The van der Waals surface area contributed by atoms with E-state index >= 15 is 0 Å². The molecule has 0 spiro atoms. The van der Waals surface area contributed by atoms with Crippen molar-refractivity contribution in [3.05, 3.63) is 99.2 Å². The van der Waals surface area contributed by atoms with Crippen molar-refractivity contribution >= 4 is 18.0 Å². The van der Waals surface area contributed by atoms with Crippen LogP contribution in [0.2, 0.25) is 0 Å². The van der Waals surface area contributed by atoms with Gasteiger partial charge in [-0.1, -0.05) is 42.5 Å². The summed E-state index contributed by atoms with van der Waals surface area (Å²) in [6, 6.07) is 14.7. The molecule has 0 unspecified atom stereocenters. The highest BCUT2D eigenvalue weighted by Crippen LogP contribution is 2.20. The third kappa shape index (κ3) is 5.79. The van der Waals surface area contributed by atoms with Crippen LogP contribution in [0.25, 0.3) is 0 Å². The molecule has 7 nitrogen and oxygen atoms in total. The summed E-state index contributed by atoms with van der Waals surface area (Å²) in [7, 11) is 1.14. The molecular formula is C25H22FNO6. The molecule has 0 aliphatic rings. The summed E-state index contributed by atoms with van der Waals surface area (Å²) in [4.78, 5) is 49.7. The number of benzene rings is 2. The number of Topliss-reactive ketones (excluding diaryl/α,β-unsaturated/α-hetero) is 1. The molecule has 0 radical (unpaired) electrons. The Morgan fingerprint density at radius 3 is 2.36 bits per heavy atom. The van der Waals surface area contributed by atoms with Crippen LogP contribution in [-0.4, -0.2) is 29.7 Å². The lowest BCUT2D eigenvalue weighted by Crippen LogP contribution is -2.27. The van der Waals surface area contributed by atoms with E-state index in [-0.39, 0.29) is 48.8 Å². The minimum absolute atomic E-state index is 0.0301. The van der Waals surface area contributed by atoms with E-state index in [1.807, 2.05) is 6.07 Å². The fraction of sp³-hybridized carbons (Fsp3) is 0.200. The average Bonchev–Trinajstić information content (AvgIpc) is 2.83. The number of pyridine rings is 1. The van der Waals surface area contributed by atoms with Gasteiger partial charge in [0.05, 0.1) is 19.2 Å². The molecular weight excluding hydrogens is 429 g/mol. The molecule has 0 aliphatic carbocycles. The molecule has 3 aromatic rings. The van der Waals surface area contributed by atoms with Crippen molar-refractivity contribution in [2.75, 3.05) is 7.11 Å². The standard InChI is InChI=1S/C25H22FNO6/c1-32-25(31)22-24(33-16-18-5-3-2-4-6-18)23(30)20(15-27(22)13-14-28)21(29)12-9-17-7-10-19(26)11-8-17/h2-8,10-11,14-15H,9,12-13,16H2,1H3. The van der Waals surface area contributed by atoms with E-state index in [4.69, 9.17) is 9.47 Å². The number of esters is 1. The Hall–Kier alpha value is -4.07. The van der Waals surface area contributed by atoms with Gasteiger partial charge in [0.25, 0.3) is 0 Å². The molecule has 0 N–H and O–H groups in total. The fourth-order valence-electron chi connectivity index (χ4n) is 3.28. The van der Waals surface area contributed by atoms with Gasteiger partial charge in [-0.15, -0.1) is 0 Å². The molecule has 0 bridgehead atoms. The number of halogens is 1. The van der Waals surface area contributed by atoms with Crippen LogP contribution >= 0.6 is 0 Å². The number of methoxy groups -OCH3 is 1. The maximum atomic E-state index is 13.2. The van der Waals surface area contributed by atoms with Crippen LogP contribution in [0.4, 0.5) is 4.39 Å². The minimum atomic E-state index is -0.873. The lowest BCUT2D eigenvalue weighted by Gasteiger charge is -2.16. The summed E-state index contributed by atoms with van der Waals surface area (Å²) >= 11 is 0. The van der Waals surface area contributed by atoms with Crippen LogP contribution < -0.4 is 10.2 Å². The predicted molar refractivity (Wildman–Crippen MR) is 118 cm³/mol. The van der Waals surface area contributed by atoms with Crippen molar-refractivity contribution in [1.29, 1.82) is 0 Å². The monoisotopic (exact) mass is 451 g/mol. The molecule has 8 heteroatoms. The van der Waals surface area contributed by atoms with Gasteiger partial charge >= 0.3 is 5.97 Å². The first-order valence-corrected chi connectivity index (χ1v) is 10.2. The molecule has 0 fully saturated rings. The van der Waals surface area contributed by atoms with Gasteiger partial charge in [-0.2, -0.15) is 0 Å². The van der Waals surface area contributed by atoms with Gasteiger partial charge in [0.1, 0.15) is 18.7 Å². The lowest BCUT2D eigenvalue weighted by molar-refractivity contribution is -0.108. The van der Waals surface area contributed by atoms with E-state index in [0.29, 0.717) is 6.29 Å². The number of carbonyl (C=O) groups excluding carboxylic acids is 3. The first kappa shape index (κ1) is 23.6. The summed E-state index contributed by atoms with van der Waals surface area (Å²) in [5.74, 6) is -2.12. The topological polar surface area (TPSA) is 91.7 Å². The molecule has 0 atom stereocenters. The molecule has 2 aromatic carbocycles. The highest BCUT2D eigenvalue weighted by Gasteiger charge is 2.26. The van der Waals surface area contributed by atoms with Gasteiger partial charge in [0, 0.05) is 12.6 Å². The van der Waals surface area contributed by atoms with E-state index in [9.17, 15) is 23.6 Å². The SMILES string of the molecule is COC(=O)c1c(OCc2ccccc2)c(=O)c(C(=O)CCc2ccc(F)cc2)cn1CC=O. The third-order valence-corrected chi connectivity index (χ3v) is 4.97. The van der Waals surface area contributed by atoms with Crippen molar-refractivity contribution in [3.63, 3.8) is 0 Å². The Bertz CT molecular complexity index is 1200. The Balaban J connectivity index is 1.98. The second-order valence-corrected chi connectivity index (χ2v) is 7.18. The van der Waals surface area contributed by atoms with Crippen LogP contribution in [0.3, 0.4) is 0 Å². The van der Waals surface area contributed by atoms with Crippen molar-refractivity contribution < 1.29 is 28.2 Å². The largest absolute Gasteiger partial charge is 0.482 e. The fourth-order valence-corrected chi connectivity index (χ4v) is 3.28. The zero-order valence-corrected chi connectivity index (χ0v) is 18.0. The van der Waals surface area contributed by atoms with E-state index < -0.39 is 17.2 Å². The molecule has 170 valence electrons. The molecule has 0 amide bonds. The zero-order valence-electron chi connectivity index (χ0n) is 18.0. The van der Waals surface area contributed by atoms with Gasteiger partial charge < -0.3 is 18.8 Å². The third-order valence-electron chi connectivity index (χ3n) is 4.97. The maximum absolute atomic E-state index is 13.2. The van der Waals surface area contributed by atoms with E-state index in [2.05, 4.69) is 0 Å². The first-order chi connectivity index (χ1) is 15.9. The highest BCUT2D eigenvalue weighted by molar-refractivity contribution is 5.98.